The first-order valence-corrected chi connectivity index (χ1v) is 8.50. The molecule has 9 heteroatoms. The van der Waals surface area contributed by atoms with Crippen molar-refractivity contribution in [3.05, 3.63) is 72.3 Å². The van der Waals surface area contributed by atoms with Crippen molar-refractivity contribution in [2.24, 2.45) is 0 Å². The van der Waals surface area contributed by atoms with E-state index in [0.29, 0.717) is 35.0 Å². The Balaban J connectivity index is 1.41. The molecule has 3 aromatic heterocycles. The molecule has 0 fully saturated rings. The van der Waals surface area contributed by atoms with Gasteiger partial charge in [-0.25, -0.2) is 4.39 Å². The van der Waals surface area contributed by atoms with Crippen LogP contribution in [0, 0.1) is 5.82 Å². The van der Waals surface area contributed by atoms with Crippen LogP contribution in [-0.2, 0) is 0 Å². The molecule has 0 bridgehead atoms. The lowest BCUT2D eigenvalue weighted by Gasteiger charge is -2.07. The molecule has 0 atom stereocenters. The van der Waals surface area contributed by atoms with E-state index in [9.17, 15) is 9.18 Å². The number of amides is 1. The number of aromatic nitrogens is 5. The number of fused-ring (bicyclic) bond motifs is 1. The summed E-state index contributed by atoms with van der Waals surface area (Å²) in [6, 6.07) is 12.7. The fourth-order valence-corrected chi connectivity index (χ4v) is 2.55. The molecular weight excluding hydrogens is 363 g/mol. The van der Waals surface area contributed by atoms with Gasteiger partial charge >= 0.3 is 0 Å². The number of nitrogens with one attached hydrogen (secondary N) is 1. The zero-order chi connectivity index (χ0) is 19.3. The average Bonchev–Trinajstić information content (AvgIpc) is 3.15. The molecule has 0 aliphatic heterocycles. The summed E-state index contributed by atoms with van der Waals surface area (Å²) in [6.07, 6.45) is 3.10. The number of carbonyl (C=O) groups excluding carboxylic acids is 1. The molecule has 1 amide bonds. The molecule has 0 saturated carbocycles. The van der Waals surface area contributed by atoms with E-state index >= 15 is 0 Å². The second kappa shape index (κ2) is 7.78. The Morgan fingerprint density at radius 3 is 2.75 bits per heavy atom. The molecule has 4 aromatic rings. The summed E-state index contributed by atoms with van der Waals surface area (Å²) >= 11 is 0. The molecule has 4 rings (SSSR count). The van der Waals surface area contributed by atoms with Crippen molar-refractivity contribution in [1.29, 1.82) is 0 Å². The maximum absolute atomic E-state index is 13.1. The van der Waals surface area contributed by atoms with E-state index in [1.54, 1.807) is 42.6 Å². The highest BCUT2D eigenvalue weighted by molar-refractivity contribution is 5.93. The van der Waals surface area contributed by atoms with Gasteiger partial charge in [0, 0.05) is 24.0 Å². The minimum atomic E-state index is -0.331. The Morgan fingerprint density at radius 2 is 1.96 bits per heavy atom. The molecule has 0 spiro atoms. The lowest BCUT2D eigenvalue weighted by atomic mass is 10.2. The van der Waals surface area contributed by atoms with Crippen molar-refractivity contribution in [3.63, 3.8) is 0 Å². The molecular formula is C19H15FN6O2. The van der Waals surface area contributed by atoms with Gasteiger partial charge in [-0.2, -0.15) is 4.52 Å². The molecule has 0 aliphatic carbocycles. The lowest BCUT2D eigenvalue weighted by Crippen LogP contribution is -2.28. The van der Waals surface area contributed by atoms with Gasteiger partial charge in [-0.05, 0) is 42.5 Å². The van der Waals surface area contributed by atoms with Crippen molar-refractivity contribution < 1.29 is 13.9 Å². The van der Waals surface area contributed by atoms with Crippen molar-refractivity contribution >= 4 is 11.6 Å². The van der Waals surface area contributed by atoms with Crippen LogP contribution in [-0.4, -0.2) is 43.9 Å². The number of halogens is 1. The third-order valence-corrected chi connectivity index (χ3v) is 3.90. The Bertz CT molecular complexity index is 1100. The summed E-state index contributed by atoms with van der Waals surface area (Å²) in [7, 11) is 0. The van der Waals surface area contributed by atoms with E-state index in [1.807, 2.05) is 0 Å². The number of rotatable bonds is 6. The van der Waals surface area contributed by atoms with Crippen LogP contribution in [0.4, 0.5) is 4.39 Å². The third-order valence-electron chi connectivity index (χ3n) is 3.90. The van der Waals surface area contributed by atoms with Crippen LogP contribution in [0.1, 0.15) is 10.4 Å². The first kappa shape index (κ1) is 17.5. The monoisotopic (exact) mass is 378 g/mol. The minimum absolute atomic E-state index is 0.225. The van der Waals surface area contributed by atoms with Gasteiger partial charge in [0.1, 0.15) is 12.4 Å². The van der Waals surface area contributed by atoms with E-state index in [1.165, 1.54) is 22.8 Å². The van der Waals surface area contributed by atoms with Crippen LogP contribution in [0.2, 0.25) is 0 Å². The highest BCUT2D eigenvalue weighted by atomic mass is 19.1. The van der Waals surface area contributed by atoms with Gasteiger partial charge in [0.15, 0.2) is 11.5 Å². The second-order valence-electron chi connectivity index (χ2n) is 5.82. The molecule has 0 radical (unpaired) electrons. The van der Waals surface area contributed by atoms with Gasteiger partial charge in [0.2, 0.25) is 5.88 Å². The topological polar surface area (TPSA) is 94.3 Å². The van der Waals surface area contributed by atoms with E-state index < -0.39 is 0 Å². The Kier molecular flexibility index (Phi) is 4.87. The number of ether oxygens (including phenoxy) is 1. The molecule has 8 nitrogen and oxygen atoms in total. The first-order valence-electron chi connectivity index (χ1n) is 8.50. The third kappa shape index (κ3) is 3.78. The fraction of sp³-hybridized carbons (Fsp3) is 0.105. The molecule has 3 heterocycles. The van der Waals surface area contributed by atoms with Crippen molar-refractivity contribution in [3.8, 4) is 17.3 Å². The number of hydrogen-bond acceptors (Lipinski definition) is 6. The fourth-order valence-electron chi connectivity index (χ4n) is 2.55. The summed E-state index contributed by atoms with van der Waals surface area (Å²) in [5.41, 5.74) is 1.70. The number of pyridine rings is 1. The highest BCUT2D eigenvalue weighted by Gasteiger charge is 2.11. The van der Waals surface area contributed by atoms with Crippen molar-refractivity contribution in [1.82, 2.24) is 30.1 Å². The van der Waals surface area contributed by atoms with E-state index in [4.69, 9.17) is 4.74 Å². The van der Waals surface area contributed by atoms with Crippen LogP contribution in [0.3, 0.4) is 0 Å². The smallest absolute Gasteiger partial charge is 0.252 e. The van der Waals surface area contributed by atoms with E-state index in [2.05, 4.69) is 25.6 Å². The molecule has 0 saturated heterocycles. The Labute approximate surface area is 159 Å². The lowest BCUT2D eigenvalue weighted by molar-refractivity contribution is 0.0946. The first-order chi connectivity index (χ1) is 13.7. The van der Waals surface area contributed by atoms with E-state index in [0.717, 1.165) is 0 Å². The van der Waals surface area contributed by atoms with Crippen LogP contribution in [0.15, 0.2) is 60.9 Å². The van der Waals surface area contributed by atoms with Crippen molar-refractivity contribution in [2.45, 2.75) is 0 Å². The highest BCUT2D eigenvalue weighted by Crippen LogP contribution is 2.19. The molecule has 1 aromatic carbocycles. The van der Waals surface area contributed by atoms with Crippen molar-refractivity contribution in [2.75, 3.05) is 13.2 Å². The molecule has 140 valence electrons. The Morgan fingerprint density at radius 1 is 1.11 bits per heavy atom. The molecule has 0 aliphatic rings. The van der Waals surface area contributed by atoms with E-state index in [-0.39, 0.29) is 18.3 Å². The molecule has 1 N–H and O–H groups in total. The quantitative estimate of drug-likeness (QED) is 0.517. The van der Waals surface area contributed by atoms with Gasteiger partial charge in [-0.15, -0.1) is 15.3 Å². The summed E-state index contributed by atoms with van der Waals surface area (Å²) in [5, 5.41) is 15.3. The Hall–Kier alpha value is -3.88. The minimum Gasteiger partial charge on any atom is -0.475 e. The summed E-state index contributed by atoms with van der Waals surface area (Å²) in [6.45, 7) is 0.541. The average molecular weight is 378 g/mol. The van der Waals surface area contributed by atoms with Gasteiger partial charge < -0.3 is 10.1 Å². The number of carbonyl (C=O) groups is 1. The number of hydrogen-bond donors (Lipinski definition) is 1. The zero-order valence-electron chi connectivity index (χ0n) is 14.6. The van der Waals surface area contributed by atoms with Gasteiger partial charge in [-0.1, -0.05) is 0 Å². The van der Waals surface area contributed by atoms with Crippen LogP contribution >= 0.6 is 0 Å². The predicted molar refractivity (Wildman–Crippen MR) is 98.2 cm³/mol. The standard InChI is InChI=1S/C19H15FN6O2/c20-15-5-3-13(4-6-15)18-24-23-16-7-8-17(25-26(16)18)28-11-10-22-19(27)14-2-1-9-21-12-14/h1-9,12H,10-11H2,(H,22,27). The largest absolute Gasteiger partial charge is 0.475 e. The summed E-state index contributed by atoms with van der Waals surface area (Å²) < 4.78 is 20.3. The maximum atomic E-state index is 13.1. The van der Waals surface area contributed by atoms with Crippen LogP contribution in [0.25, 0.3) is 17.0 Å². The van der Waals surface area contributed by atoms with Gasteiger partial charge in [0.05, 0.1) is 12.1 Å². The van der Waals surface area contributed by atoms with Crippen LogP contribution < -0.4 is 10.1 Å². The zero-order valence-corrected chi connectivity index (χ0v) is 14.6. The van der Waals surface area contributed by atoms with Gasteiger partial charge in [0.25, 0.3) is 5.91 Å². The number of benzene rings is 1. The molecule has 0 unspecified atom stereocenters. The maximum Gasteiger partial charge on any atom is 0.252 e. The molecule has 28 heavy (non-hydrogen) atoms. The SMILES string of the molecule is O=C(NCCOc1ccc2nnc(-c3ccc(F)cc3)n2n1)c1cccnc1. The van der Waals surface area contributed by atoms with Gasteiger partial charge in [-0.3, -0.25) is 9.78 Å². The predicted octanol–water partition coefficient (Wildman–Crippen LogP) is 2.13. The summed E-state index contributed by atoms with van der Waals surface area (Å²) in [5.74, 6) is 0.275. The number of nitrogens with zero attached hydrogens (tertiary/aromatic N) is 5. The summed E-state index contributed by atoms with van der Waals surface area (Å²) in [4.78, 5) is 15.9. The van der Waals surface area contributed by atoms with Crippen LogP contribution in [0.5, 0.6) is 5.88 Å². The normalized spacial score (nSPS) is 10.8. The second-order valence-corrected chi connectivity index (χ2v) is 5.82.